The second kappa shape index (κ2) is 6.54. The van der Waals surface area contributed by atoms with Gasteiger partial charge >= 0.3 is 0 Å². The quantitative estimate of drug-likeness (QED) is 0.656. The number of benzene rings is 1. The van der Waals surface area contributed by atoms with E-state index in [4.69, 9.17) is 10.5 Å². The number of para-hydroxylation sites is 1. The van der Waals surface area contributed by atoms with Crippen LogP contribution in [0.2, 0.25) is 0 Å². The van der Waals surface area contributed by atoms with Crippen LogP contribution in [0, 0.1) is 5.92 Å². The summed E-state index contributed by atoms with van der Waals surface area (Å²) >= 11 is 0. The van der Waals surface area contributed by atoms with Crippen molar-refractivity contribution in [3.8, 4) is 5.75 Å². The fraction of sp³-hybridized carbons (Fsp3) is 0.375. The number of ether oxygens (including phenoxy) is 1. The van der Waals surface area contributed by atoms with E-state index in [2.05, 4.69) is 10.5 Å². The largest absolute Gasteiger partial charge is 0.485 e. The van der Waals surface area contributed by atoms with E-state index in [0.29, 0.717) is 0 Å². The molecule has 5 heteroatoms. The molecule has 0 saturated heterocycles. The monoisotopic (exact) mass is 287 g/mol. The van der Waals surface area contributed by atoms with E-state index in [1.165, 1.54) is 0 Å². The molecule has 1 aliphatic rings. The van der Waals surface area contributed by atoms with Crippen molar-refractivity contribution >= 4 is 18.2 Å². The summed E-state index contributed by atoms with van der Waals surface area (Å²) in [6.07, 6.45) is 3.49. The molecule has 1 aliphatic heterocycles. The predicted octanol–water partition coefficient (Wildman–Crippen LogP) is 1.94. The van der Waals surface area contributed by atoms with Gasteiger partial charge in [-0.25, -0.2) is 5.43 Å². The molecule has 0 spiro atoms. The number of amides is 1. The molecule has 0 bridgehead atoms. The molecule has 0 unspecified atom stereocenters. The van der Waals surface area contributed by atoms with E-state index < -0.39 is 6.04 Å². The first-order chi connectivity index (χ1) is 9.99. The van der Waals surface area contributed by atoms with Crippen molar-refractivity contribution in [2.45, 2.75) is 32.9 Å². The highest BCUT2D eigenvalue weighted by Crippen LogP contribution is 2.28. The first-order valence-corrected chi connectivity index (χ1v) is 7.05. The van der Waals surface area contributed by atoms with Gasteiger partial charge in [-0.15, -0.1) is 0 Å². The number of hydrogen-bond acceptors (Lipinski definition) is 4. The molecule has 0 aliphatic carbocycles. The smallest absolute Gasteiger partial charge is 0.257 e. The molecule has 1 amide bonds. The average Bonchev–Trinajstić information content (AvgIpc) is 2.46. The zero-order valence-electron chi connectivity index (χ0n) is 12.5. The van der Waals surface area contributed by atoms with Gasteiger partial charge in [-0.2, -0.15) is 5.10 Å². The molecule has 5 nitrogen and oxygen atoms in total. The van der Waals surface area contributed by atoms with Crippen molar-refractivity contribution in [3.63, 3.8) is 0 Å². The SMILES string of the molecule is CC(C)[C@@H](N)C(=O)N/N=C\C1=Cc2ccccc2O[C@H]1C. The van der Waals surface area contributed by atoms with Crippen molar-refractivity contribution < 1.29 is 9.53 Å². The van der Waals surface area contributed by atoms with E-state index in [9.17, 15) is 4.79 Å². The van der Waals surface area contributed by atoms with Crippen LogP contribution in [0.25, 0.3) is 6.08 Å². The molecule has 21 heavy (non-hydrogen) atoms. The zero-order chi connectivity index (χ0) is 15.4. The lowest BCUT2D eigenvalue weighted by Gasteiger charge is -2.22. The number of nitrogens with zero attached hydrogens (tertiary/aromatic N) is 1. The highest BCUT2D eigenvalue weighted by atomic mass is 16.5. The van der Waals surface area contributed by atoms with Gasteiger partial charge in [0.2, 0.25) is 0 Å². The third-order valence-corrected chi connectivity index (χ3v) is 3.42. The van der Waals surface area contributed by atoms with Crippen molar-refractivity contribution in [3.05, 3.63) is 35.4 Å². The van der Waals surface area contributed by atoms with Gasteiger partial charge in [0.15, 0.2) is 0 Å². The van der Waals surface area contributed by atoms with E-state index in [-0.39, 0.29) is 17.9 Å². The fourth-order valence-corrected chi connectivity index (χ4v) is 1.95. The van der Waals surface area contributed by atoms with Crippen LogP contribution in [0.1, 0.15) is 26.3 Å². The standard InChI is InChI=1S/C16H21N3O2/c1-10(2)15(17)16(20)19-18-9-13-8-12-6-4-5-7-14(12)21-11(13)3/h4-11,15H,17H2,1-3H3,(H,19,20)/b18-9-/t11-,15+/m0/s1. The third kappa shape index (κ3) is 3.70. The molecule has 0 fully saturated rings. The number of nitrogens with one attached hydrogen (secondary N) is 1. The van der Waals surface area contributed by atoms with Gasteiger partial charge in [-0.05, 0) is 25.0 Å². The Morgan fingerprint density at radius 2 is 2.14 bits per heavy atom. The number of rotatable bonds is 4. The van der Waals surface area contributed by atoms with E-state index in [0.717, 1.165) is 16.9 Å². The number of hydrazone groups is 1. The fourth-order valence-electron chi connectivity index (χ4n) is 1.95. The molecule has 2 rings (SSSR count). The molecule has 1 aromatic rings. The molecule has 0 aromatic heterocycles. The van der Waals surface area contributed by atoms with Crippen LogP contribution in [-0.2, 0) is 4.79 Å². The lowest BCUT2D eigenvalue weighted by molar-refractivity contribution is -0.123. The number of fused-ring (bicyclic) bond motifs is 1. The van der Waals surface area contributed by atoms with Gasteiger partial charge in [0, 0.05) is 11.1 Å². The van der Waals surface area contributed by atoms with Crippen LogP contribution in [0.5, 0.6) is 5.75 Å². The van der Waals surface area contributed by atoms with Gasteiger partial charge in [0.25, 0.3) is 5.91 Å². The van der Waals surface area contributed by atoms with Crippen molar-refractivity contribution in [1.82, 2.24) is 5.43 Å². The first-order valence-electron chi connectivity index (χ1n) is 7.05. The van der Waals surface area contributed by atoms with Crippen LogP contribution >= 0.6 is 0 Å². The van der Waals surface area contributed by atoms with E-state index in [1.54, 1.807) is 6.21 Å². The molecule has 1 aromatic carbocycles. The molecule has 112 valence electrons. The number of carbonyl (C=O) groups excluding carboxylic acids is 1. The van der Waals surface area contributed by atoms with E-state index >= 15 is 0 Å². The lowest BCUT2D eigenvalue weighted by Crippen LogP contribution is -2.42. The van der Waals surface area contributed by atoms with Gasteiger partial charge in [-0.3, -0.25) is 4.79 Å². The molecule has 0 saturated carbocycles. The van der Waals surface area contributed by atoms with Crippen LogP contribution < -0.4 is 15.9 Å². The first kappa shape index (κ1) is 15.3. The molecule has 0 radical (unpaired) electrons. The van der Waals surface area contributed by atoms with Gasteiger partial charge in [-0.1, -0.05) is 32.0 Å². The summed E-state index contributed by atoms with van der Waals surface area (Å²) in [5.74, 6) is 0.642. The summed E-state index contributed by atoms with van der Waals surface area (Å²) < 4.78 is 5.79. The topological polar surface area (TPSA) is 76.7 Å². The molecule has 1 heterocycles. The van der Waals surface area contributed by atoms with Gasteiger partial charge < -0.3 is 10.5 Å². The zero-order valence-corrected chi connectivity index (χ0v) is 12.5. The van der Waals surface area contributed by atoms with Crippen LogP contribution in [0.3, 0.4) is 0 Å². The number of carbonyl (C=O) groups is 1. The van der Waals surface area contributed by atoms with Crippen LogP contribution in [-0.4, -0.2) is 24.3 Å². The summed E-state index contributed by atoms with van der Waals surface area (Å²) in [4.78, 5) is 11.7. The minimum Gasteiger partial charge on any atom is -0.485 e. The highest BCUT2D eigenvalue weighted by Gasteiger charge is 2.18. The summed E-state index contributed by atoms with van der Waals surface area (Å²) in [6, 6.07) is 7.23. The summed E-state index contributed by atoms with van der Waals surface area (Å²) in [6.45, 7) is 5.73. The molecular formula is C16H21N3O2. The Labute approximate surface area is 124 Å². The third-order valence-electron chi connectivity index (χ3n) is 3.42. The molecule has 2 atom stereocenters. The summed E-state index contributed by atoms with van der Waals surface area (Å²) in [5, 5.41) is 3.97. The van der Waals surface area contributed by atoms with Crippen LogP contribution in [0.15, 0.2) is 34.9 Å². The van der Waals surface area contributed by atoms with Crippen LogP contribution in [0.4, 0.5) is 0 Å². The minimum atomic E-state index is -0.558. The Kier molecular flexibility index (Phi) is 4.75. The normalized spacial score (nSPS) is 18.9. The summed E-state index contributed by atoms with van der Waals surface area (Å²) in [5.41, 5.74) is 10.1. The maximum atomic E-state index is 11.7. The Hall–Kier alpha value is -2.14. The summed E-state index contributed by atoms with van der Waals surface area (Å²) in [7, 11) is 0. The second-order valence-corrected chi connectivity index (χ2v) is 5.45. The van der Waals surface area contributed by atoms with Crippen molar-refractivity contribution in [2.75, 3.05) is 0 Å². The van der Waals surface area contributed by atoms with Gasteiger partial charge in [0.1, 0.15) is 11.9 Å². The Morgan fingerprint density at radius 1 is 1.43 bits per heavy atom. The Bertz CT molecular complexity index is 579. The second-order valence-electron chi connectivity index (χ2n) is 5.45. The Morgan fingerprint density at radius 3 is 2.86 bits per heavy atom. The predicted molar refractivity (Wildman–Crippen MR) is 84.0 cm³/mol. The number of hydrogen-bond donors (Lipinski definition) is 2. The maximum Gasteiger partial charge on any atom is 0.257 e. The van der Waals surface area contributed by atoms with Crippen molar-refractivity contribution in [1.29, 1.82) is 0 Å². The Balaban J connectivity index is 2.04. The highest BCUT2D eigenvalue weighted by molar-refractivity contribution is 5.90. The maximum absolute atomic E-state index is 11.7. The average molecular weight is 287 g/mol. The lowest BCUT2D eigenvalue weighted by atomic mass is 10.0. The van der Waals surface area contributed by atoms with Gasteiger partial charge in [0.05, 0.1) is 12.3 Å². The molecular weight excluding hydrogens is 266 g/mol. The van der Waals surface area contributed by atoms with Crippen molar-refractivity contribution in [2.24, 2.45) is 16.8 Å². The number of nitrogens with two attached hydrogens (primary N) is 1. The van der Waals surface area contributed by atoms with E-state index in [1.807, 2.05) is 51.1 Å². The minimum absolute atomic E-state index is 0.0724. The molecule has 3 N–H and O–H groups in total.